The maximum Gasteiger partial charge on any atom is 0.273 e. The van der Waals surface area contributed by atoms with Gasteiger partial charge in [-0.15, -0.1) is 0 Å². The number of carbonyl (C=O) groups is 1. The van der Waals surface area contributed by atoms with Crippen molar-refractivity contribution in [2.24, 2.45) is 0 Å². The van der Waals surface area contributed by atoms with Crippen LogP contribution in [0, 0.1) is 0 Å². The summed E-state index contributed by atoms with van der Waals surface area (Å²) in [7, 11) is 0. The quantitative estimate of drug-likeness (QED) is 0.667. The van der Waals surface area contributed by atoms with Crippen LogP contribution in [-0.4, -0.2) is 55.8 Å². The zero-order valence-corrected chi connectivity index (χ0v) is 12.7. The van der Waals surface area contributed by atoms with E-state index in [0.29, 0.717) is 18.7 Å². The Morgan fingerprint density at radius 1 is 1.36 bits per heavy atom. The van der Waals surface area contributed by atoms with E-state index >= 15 is 0 Å². The van der Waals surface area contributed by atoms with Crippen molar-refractivity contribution in [2.75, 3.05) is 18.8 Å². The molecule has 0 unspecified atom stereocenters. The SMILES string of the molecule is C[C@@]1(O)CCN(C(=O)c2nc(N)nc3c2CCCC3)C[C@@H]1O. The number of carbonyl (C=O) groups excluding carboxylic acids is 1. The van der Waals surface area contributed by atoms with Crippen molar-refractivity contribution in [3.05, 3.63) is 17.0 Å². The van der Waals surface area contributed by atoms with Crippen molar-refractivity contribution >= 4 is 11.9 Å². The first kappa shape index (κ1) is 15.2. The average Bonchev–Trinajstić information content (AvgIpc) is 2.48. The summed E-state index contributed by atoms with van der Waals surface area (Å²) in [6.45, 7) is 2.08. The molecular formula is C15H22N4O3. The number of fused-ring (bicyclic) bond motifs is 1. The van der Waals surface area contributed by atoms with Crippen molar-refractivity contribution in [1.82, 2.24) is 14.9 Å². The number of aliphatic hydroxyl groups excluding tert-OH is 1. The fourth-order valence-corrected chi connectivity index (χ4v) is 3.15. The number of β-amino-alcohol motifs (C(OH)–C–C–N with tert-alkyl or cyclic N) is 1. The lowest BCUT2D eigenvalue weighted by Gasteiger charge is -2.40. The summed E-state index contributed by atoms with van der Waals surface area (Å²) < 4.78 is 0. The third kappa shape index (κ3) is 2.66. The number of likely N-dealkylation sites (tertiary alicyclic amines) is 1. The molecule has 1 fully saturated rings. The Balaban J connectivity index is 1.88. The Morgan fingerprint density at radius 2 is 2.09 bits per heavy atom. The number of hydrogen-bond acceptors (Lipinski definition) is 6. The molecule has 2 atom stereocenters. The Morgan fingerprint density at radius 3 is 2.82 bits per heavy atom. The first-order valence-electron chi connectivity index (χ1n) is 7.73. The average molecular weight is 306 g/mol. The highest BCUT2D eigenvalue weighted by Crippen LogP contribution is 2.27. The van der Waals surface area contributed by atoms with Crippen LogP contribution < -0.4 is 5.73 Å². The van der Waals surface area contributed by atoms with Crippen molar-refractivity contribution in [3.8, 4) is 0 Å². The second-order valence-corrected chi connectivity index (χ2v) is 6.44. The summed E-state index contributed by atoms with van der Waals surface area (Å²) in [5, 5.41) is 20.0. The summed E-state index contributed by atoms with van der Waals surface area (Å²) in [5.74, 6) is -0.115. The Bertz CT molecular complexity index is 603. The fraction of sp³-hybridized carbons (Fsp3) is 0.667. The number of nitrogen functional groups attached to an aromatic ring is 1. The topological polar surface area (TPSA) is 113 Å². The van der Waals surface area contributed by atoms with Gasteiger partial charge in [0.05, 0.1) is 11.7 Å². The van der Waals surface area contributed by atoms with Gasteiger partial charge in [-0.1, -0.05) is 0 Å². The Labute approximate surface area is 129 Å². The molecule has 2 aliphatic rings. The summed E-state index contributed by atoms with van der Waals surface area (Å²) in [6.07, 6.45) is 3.04. The highest BCUT2D eigenvalue weighted by molar-refractivity contribution is 5.94. The van der Waals surface area contributed by atoms with E-state index in [2.05, 4.69) is 9.97 Å². The van der Waals surface area contributed by atoms with Crippen LogP contribution in [0.4, 0.5) is 5.95 Å². The molecule has 7 heteroatoms. The first-order valence-corrected chi connectivity index (χ1v) is 7.73. The van der Waals surface area contributed by atoms with Crippen molar-refractivity contribution < 1.29 is 15.0 Å². The van der Waals surface area contributed by atoms with Gasteiger partial charge in [-0.05, 0) is 39.0 Å². The minimum absolute atomic E-state index is 0.102. The summed E-state index contributed by atoms with van der Waals surface area (Å²) in [5.41, 5.74) is 6.70. The molecule has 2 heterocycles. The predicted octanol–water partition coefficient (Wildman–Crippen LogP) is -0.105. The molecule has 7 nitrogen and oxygen atoms in total. The number of nitrogens with two attached hydrogens (primary N) is 1. The van der Waals surface area contributed by atoms with E-state index in [0.717, 1.165) is 36.9 Å². The van der Waals surface area contributed by atoms with E-state index < -0.39 is 11.7 Å². The second-order valence-electron chi connectivity index (χ2n) is 6.44. The Kier molecular flexibility index (Phi) is 3.78. The molecule has 0 bridgehead atoms. The molecule has 1 aromatic rings. The molecule has 1 saturated heterocycles. The third-order valence-corrected chi connectivity index (χ3v) is 4.69. The van der Waals surface area contributed by atoms with E-state index in [1.165, 1.54) is 0 Å². The van der Waals surface area contributed by atoms with Crippen LogP contribution in [0.15, 0.2) is 0 Å². The molecule has 1 amide bonds. The molecule has 0 aromatic carbocycles. The standard InChI is InChI=1S/C15H22N4O3/c1-15(22)6-7-19(8-11(15)20)13(21)12-9-4-2-3-5-10(9)17-14(16)18-12/h11,20,22H,2-8H2,1H3,(H2,16,17,18)/t11-,15+/m0/s1. The number of hydrogen-bond donors (Lipinski definition) is 3. The van der Waals surface area contributed by atoms with Crippen LogP contribution >= 0.6 is 0 Å². The van der Waals surface area contributed by atoms with E-state index in [1.807, 2.05) is 0 Å². The molecule has 22 heavy (non-hydrogen) atoms. The number of aromatic nitrogens is 2. The largest absolute Gasteiger partial charge is 0.388 e. The molecule has 4 N–H and O–H groups in total. The van der Waals surface area contributed by atoms with Crippen molar-refractivity contribution in [2.45, 2.75) is 50.7 Å². The molecule has 0 spiro atoms. The monoisotopic (exact) mass is 306 g/mol. The molecule has 1 aliphatic carbocycles. The molecule has 3 rings (SSSR count). The lowest BCUT2D eigenvalue weighted by Crippen LogP contribution is -2.55. The number of anilines is 1. The number of rotatable bonds is 1. The molecular weight excluding hydrogens is 284 g/mol. The van der Waals surface area contributed by atoms with Crippen molar-refractivity contribution in [3.63, 3.8) is 0 Å². The van der Waals surface area contributed by atoms with Gasteiger partial charge in [0.1, 0.15) is 5.69 Å². The molecule has 0 radical (unpaired) electrons. The smallest absolute Gasteiger partial charge is 0.273 e. The number of nitrogens with zero attached hydrogens (tertiary/aromatic N) is 3. The minimum Gasteiger partial charge on any atom is -0.388 e. The van der Waals surface area contributed by atoms with Crippen LogP contribution in [0.3, 0.4) is 0 Å². The van der Waals surface area contributed by atoms with Crippen LogP contribution in [0.5, 0.6) is 0 Å². The van der Waals surface area contributed by atoms with Gasteiger partial charge in [0, 0.05) is 24.3 Å². The molecule has 0 saturated carbocycles. The molecule has 120 valence electrons. The van der Waals surface area contributed by atoms with Crippen LogP contribution in [0.25, 0.3) is 0 Å². The lowest BCUT2D eigenvalue weighted by atomic mass is 9.90. The van der Waals surface area contributed by atoms with Gasteiger partial charge in [0.25, 0.3) is 5.91 Å². The number of piperidine rings is 1. The van der Waals surface area contributed by atoms with Crippen LogP contribution in [-0.2, 0) is 12.8 Å². The second kappa shape index (κ2) is 5.48. The van der Waals surface area contributed by atoms with Gasteiger partial charge in [-0.25, -0.2) is 9.97 Å². The van der Waals surface area contributed by atoms with Gasteiger partial charge >= 0.3 is 0 Å². The summed E-state index contributed by atoms with van der Waals surface area (Å²) in [6, 6.07) is 0. The van der Waals surface area contributed by atoms with Gasteiger partial charge in [0.15, 0.2) is 0 Å². The van der Waals surface area contributed by atoms with Gasteiger partial charge in [0.2, 0.25) is 5.95 Å². The third-order valence-electron chi connectivity index (χ3n) is 4.69. The minimum atomic E-state index is -1.15. The summed E-state index contributed by atoms with van der Waals surface area (Å²) in [4.78, 5) is 22.7. The highest BCUT2D eigenvalue weighted by atomic mass is 16.3. The Hall–Kier alpha value is -1.73. The first-order chi connectivity index (χ1) is 10.4. The lowest BCUT2D eigenvalue weighted by molar-refractivity contribution is -0.1000. The number of amides is 1. The van der Waals surface area contributed by atoms with Crippen molar-refractivity contribution in [1.29, 1.82) is 0 Å². The number of aliphatic hydroxyl groups is 2. The predicted molar refractivity (Wildman–Crippen MR) is 80.2 cm³/mol. The maximum atomic E-state index is 12.8. The van der Waals surface area contributed by atoms with E-state index in [1.54, 1.807) is 11.8 Å². The van der Waals surface area contributed by atoms with Gasteiger partial charge in [-0.3, -0.25) is 4.79 Å². The van der Waals surface area contributed by atoms with Gasteiger partial charge < -0.3 is 20.8 Å². The molecule has 1 aliphatic heterocycles. The molecule has 1 aromatic heterocycles. The number of aryl methyl sites for hydroxylation is 1. The highest BCUT2D eigenvalue weighted by Gasteiger charge is 2.39. The summed E-state index contributed by atoms with van der Waals surface area (Å²) >= 11 is 0. The van der Waals surface area contributed by atoms with Crippen LogP contribution in [0.1, 0.15) is 47.9 Å². The maximum absolute atomic E-state index is 12.8. The zero-order valence-electron chi connectivity index (χ0n) is 12.7. The fourth-order valence-electron chi connectivity index (χ4n) is 3.15. The van der Waals surface area contributed by atoms with Gasteiger partial charge in [-0.2, -0.15) is 0 Å². The normalized spacial score (nSPS) is 28.3. The van der Waals surface area contributed by atoms with E-state index in [-0.39, 0.29) is 18.4 Å². The zero-order chi connectivity index (χ0) is 15.9. The van der Waals surface area contributed by atoms with E-state index in [9.17, 15) is 15.0 Å². The van der Waals surface area contributed by atoms with Crippen LogP contribution in [0.2, 0.25) is 0 Å². The van der Waals surface area contributed by atoms with E-state index in [4.69, 9.17) is 5.73 Å².